The van der Waals surface area contributed by atoms with E-state index in [0.717, 1.165) is 41.3 Å². The Morgan fingerprint density at radius 1 is 1.19 bits per heavy atom. The first-order valence-corrected chi connectivity index (χ1v) is 7.29. The Bertz CT molecular complexity index is 764. The lowest BCUT2D eigenvalue weighted by molar-refractivity contribution is 0.889. The summed E-state index contributed by atoms with van der Waals surface area (Å²) in [5, 5.41) is 9.38. The van der Waals surface area contributed by atoms with Crippen LogP contribution in [0, 0.1) is 6.92 Å². The average Bonchev–Trinajstić information content (AvgIpc) is 2.89. The third kappa shape index (κ3) is 2.69. The fourth-order valence-corrected chi connectivity index (χ4v) is 2.29. The molecule has 0 amide bonds. The molecule has 0 bridgehead atoms. The van der Waals surface area contributed by atoms with E-state index in [0.29, 0.717) is 5.02 Å². The molecule has 0 spiro atoms. The van der Waals surface area contributed by atoms with Gasteiger partial charge in [-0.15, -0.1) is 0 Å². The van der Waals surface area contributed by atoms with Crippen molar-refractivity contribution >= 4 is 28.5 Å². The van der Waals surface area contributed by atoms with Crippen LogP contribution in [-0.4, -0.2) is 26.3 Å². The molecule has 0 atom stereocenters. The van der Waals surface area contributed by atoms with E-state index in [1.165, 1.54) is 0 Å². The van der Waals surface area contributed by atoms with Gasteiger partial charge in [0, 0.05) is 11.6 Å². The van der Waals surface area contributed by atoms with Gasteiger partial charge in [0.2, 0.25) is 0 Å². The van der Waals surface area contributed by atoms with Crippen molar-refractivity contribution in [3.8, 4) is 5.69 Å². The van der Waals surface area contributed by atoms with E-state index in [9.17, 15) is 0 Å². The Morgan fingerprint density at radius 2 is 1.95 bits per heavy atom. The predicted octanol–water partition coefficient (Wildman–Crippen LogP) is 3.60. The van der Waals surface area contributed by atoms with Crippen LogP contribution >= 0.6 is 11.6 Å². The highest BCUT2D eigenvalue weighted by Gasteiger charge is 2.12. The Hall–Kier alpha value is -2.14. The van der Waals surface area contributed by atoms with E-state index in [1.54, 1.807) is 10.9 Å². The first-order chi connectivity index (χ1) is 10.2. The molecule has 0 saturated carbocycles. The first kappa shape index (κ1) is 13.8. The summed E-state index contributed by atoms with van der Waals surface area (Å²) in [6, 6.07) is 7.53. The molecule has 0 radical (unpaired) electrons. The number of aromatic nitrogens is 4. The number of aryl methyl sites for hydroxylation is 1. The average molecular weight is 302 g/mol. The highest BCUT2D eigenvalue weighted by molar-refractivity contribution is 6.30. The molecule has 5 nitrogen and oxygen atoms in total. The van der Waals surface area contributed by atoms with Crippen LogP contribution in [0.15, 0.2) is 30.5 Å². The van der Waals surface area contributed by atoms with E-state index >= 15 is 0 Å². The van der Waals surface area contributed by atoms with Gasteiger partial charge in [0.1, 0.15) is 11.6 Å². The van der Waals surface area contributed by atoms with Crippen LogP contribution in [0.2, 0.25) is 5.02 Å². The minimum atomic E-state index is 0.700. The van der Waals surface area contributed by atoms with Crippen LogP contribution in [0.4, 0.5) is 5.82 Å². The standard InChI is InChI=1S/C15H16ClN5/c1-3-8-17-14-13-9-18-21(15(13)20-10(2)19-14)12-6-4-11(16)5-7-12/h4-7,9H,3,8H2,1-2H3,(H,17,19,20). The van der Waals surface area contributed by atoms with Gasteiger partial charge in [-0.2, -0.15) is 5.10 Å². The van der Waals surface area contributed by atoms with Crippen molar-refractivity contribution in [3.05, 3.63) is 41.3 Å². The van der Waals surface area contributed by atoms with Crippen molar-refractivity contribution in [2.45, 2.75) is 20.3 Å². The third-order valence-corrected chi connectivity index (χ3v) is 3.41. The van der Waals surface area contributed by atoms with Gasteiger partial charge in [0.15, 0.2) is 5.65 Å². The number of rotatable bonds is 4. The minimum absolute atomic E-state index is 0.700. The quantitative estimate of drug-likeness (QED) is 0.800. The highest BCUT2D eigenvalue weighted by Crippen LogP contribution is 2.23. The van der Waals surface area contributed by atoms with E-state index in [1.807, 2.05) is 31.2 Å². The molecule has 0 saturated heterocycles. The number of benzene rings is 1. The molecule has 6 heteroatoms. The van der Waals surface area contributed by atoms with Crippen molar-refractivity contribution in [1.29, 1.82) is 0 Å². The molecular formula is C15H16ClN5. The van der Waals surface area contributed by atoms with Crippen LogP contribution < -0.4 is 5.32 Å². The topological polar surface area (TPSA) is 55.6 Å². The fraction of sp³-hybridized carbons (Fsp3) is 0.267. The highest BCUT2D eigenvalue weighted by atomic mass is 35.5. The van der Waals surface area contributed by atoms with E-state index in [4.69, 9.17) is 11.6 Å². The second-order valence-corrected chi connectivity index (χ2v) is 5.25. The van der Waals surface area contributed by atoms with E-state index in [2.05, 4.69) is 27.3 Å². The number of hydrogen-bond acceptors (Lipinski definition) is 4. The molecule has 0 fully saturated rings. The van der Waals surface area contributed by atoms with Crippen LogP contribution in [0.5, 0.6) is 0 Å². The number of hydrogen-bond donors (Lipinski definition) is 1. The lowest BCUT2D eigenvalue weighted by atomic mass is 10.3. The van der Waals surface area contributed by atoms with Crippen LogP contribution in [0.3, 0.4) is 0 Å². The lowest BCUT2D eigenvalue weighted by Crippen LogP contribution is -2.05. The zero-order chi connectivity index (χ0) is 14.8. The Kier molecular flexibility index (Phi) is 3.75. The Labute approximate surface area is 128 Å². The van der Waals surface area contributed by atoms with Crippen molar-refractivity contribution < 1.29 is 0 Å². The largest absolute Gasteiger partial charge is 0.369 e. The zero-order valence-corrected chi connectivity index (χ0v) is 12.7. The molecular weight excluding hydrogens is 286 g/mol. The fourth-order valence-electron chi connectivity index (χ4n) is 2.17. The SMILES string of the molecule is CCCNc1nc(C)nc2c1cnn2-c1ccc(Cl)cc1. The molecule has 3 aromatic rings. The van der Waals surface area contributed by atoms with Crippen LogP contribution in [0.1, 0.15) is 19.2 Å². The van der Waals surface area contributed by atoms with Gasteiger partial charge in [-0.25, -0.2) is 14.6 Å². The number of halogens is 1. The number of nitrogens with zero attached hydrogens (tertiary/aromatic N) is 4. The maximum Gasteiger partial charge on any atom is 0.168 e. The lowest BCUT2D eigenvalue weighted by Gasteiger charge is -2.07. The Balaban J connectivity index is 2.13. The molecule has 21 heavy (non-hydrogen) atoms. The monoisotopic (exact) mass is 301 g/mol. The van der Waals surface area contributed by atoms with Gasteiger partial charge >= 0.3 is 0 Å². The number of nitrogens with one attached hydrogen (secondary N) is 1. The molecule has 0 aliphatic carbocycles. The predicted molar refractivity (Wildman–Crippen MR) is 85.2 cm³/mol. The summed E-state index contributed by atoms with van der Waals surface area (Å²) in [6.45, 7) is 4.88. The summed E-state index contributed by atoms with van der Waals surface area (Å²) in [5.74, 6) is 1.55. The van der Waals surface area contributed by atoms with E-state index < -0.39 is 0 Å². The number of fused-ring (bicyclic) bond motifs is 1. The second kappa shape index (κ2) is 5.69. The summed E-state index contributed by atoms with van der Waals surface area (Å²) in [4.78, 5) is 8.98. The molecule has 2 heterocycles. The molecule has 0 unspecified atom stereocenters. The third-order valence-electron chi connectivity index (χ3n) is 3.15. The summed E-state index contributed by atoms with van der Waals surface area (Å²) in [5.41, 5.74) is 1.72. The molecule has 108 valence electrons. The van der Waals surface area contributed by atoms with Crippen LogP contribution in [0.25, 0.3) is 16.7 Å². The smallest absolute Gasteiger partial charge is 0.168 e. The van der Waals surface area contributed by atoms with Gasteiger partial charge in [-0.05, 0) is 37.6 Å². The maximum absolute atomic E-state index is 5.93. The van der Waals surface area contributed by atoms with Gasteiger partial charge in [0.05, 0.1) is 17.3 Å². The van der Waals surface area contributed by atoms with E-state index in [-0.39, 0.29) is 0 Å². The van der Waals surface area contributed by atoms with Gasteiger partial charge in [0.25, 0.3) is 0 Å². The molecule has 1 N–H and O–H groups in total. The summed E-state index contributed by atoms with van der Waals surface area (Å²) < 4.78 is 1.80. The normalized spacial score (nSPS) is 11.0. The Morgan fingerprint density at radius 3 is 2.67 bits per heavy atom. The zero-order valence-electron chi connectivity index (χ0n) is 12.0. The van der Waals surface area contributed by atoms with Crippen molar-refractivity contribution in [2.24, 2.45) is 0 Å². The summed E-state index contributed by atoms with van der Waals surface area (Å²) in [6.07, 6.45) is 2.83. The number of anilines is 1. The molecule has 2 aromatic heterocycles. The molecule has 1 aromatic carbocycles. The van der Waals surface area contributed by atoms with Crippen molar-refractivity contribution in [3.63, 3.8) is 0 Å². The summed E-state index contributed by atoms with van der Waals surface area (Å²) >= 11 is 5.93. The van der Waals surface area contributed by atoms with Gasteiger partial charge < -0.3 is 5.32 Å². The molecule has 0 aliphatic rings. The second-order valence-electron chi connectivity index (χ2n) is 4.82. The molecule has 3 rings (SSSR count). The minimum Gasteiger partial charge on any atom is -0.369 e. The molecule has 0 aliphatic heterocycles. The van der Waals surface area contributed by atoms with Crippen LogP contribution in [-0.2, 0) is 0 Å². The van der Waals surface area contributed by atoms with Crippen molar-refractivity contribution in [2.75, 3.05) is 11.9 Å². The maximum atomic E-state index is 5.93. The summed E-state index contributed by atoms with van der Waals surface area (Å²) in [7, 11) is 0. The van der Waals surface area contributed by atoms with Gasteiger partial charge in [-0.1, -0.05) is 18.5 Å². The van der Waals surface area contributed by atoms with Crippen molar-refractivity contribution in [1.82, 2.24) is 19.7 Å². The van der Waals surface area contributed by atoms with Gasteiger partial charge in [-0.3, -0.25) is 0 Å². The first-order valence-electron chi connectivity index (χ1n) is 6.91.